The molecule has 0 amide bonds. The smallest absolute Gasteiger partial charge is 0.169 e. The maximum absolute atomic E-state index is 9.87. The highest BCUT2D eigenvalue weighted by Gasteiger charge is 2.20. The number of aryl methyl sites for hydroxylation is 3. The zero-order valence-corrected chi connectivity index (χ0v) is 21.2. The molecule has 0 fully saturated rings. The van der Waals surface area contributed by atoms with Gasteiger partial charge >= 0.3 is 0 Å². The van der Waals surface area contributed by atoms with Crippen LogP contribution in [0.15, 0.2) is 47.8 Å². The molecule has 8 nitrogen and oxygen atoms in total. The average Bonchev–Trinajstić information content (AvgIpc) is 3.36. The van der Waals surface area contributed by atoms with Crippen molar-refractivity contribution in [3.05, 3.63) is 70.8 Å². The highest BCUT2D eigenvalue weighted by molar-refractivity contribution is 5.82. The molecule has 0 saturated carbocycles. The van der Waals surface area contributed by atoms with E-state index in [0.717, 1.165) is 49.3 Å². The molecule has 186 valence electrons. The maximum Gasteiger partial charge on any atom is 0.169 e. The van der Waals surface area contributed by atoms with Gasteiger partial charge in [0.2, 0.25) is 0 Å². The molecule has 1 aliphatic rings. The van der Waals surface area contributed by atoms with Crippen LogP contribution in [-0.2, 0) is 17.7 Å². The van der Waals surface area contributed by atoms with Gasteiger partial charge in [-0.1, -0.05) is 40.7 Å². The monoisotopic (exact) mass is 476 g/mol. The molecule has 0 aliphatic carbocycles. The second-order valence-corrected chi connectivity index (χ2v) is 9.42. The third-order valence-electron chi connectivity index (χ3n) is 6.66. The van der Waals surface area contributed by atoms with Crippen LogP contribution in [0.25, 0.3) is 0 Å². The zero-order valence-electron chi connectivity index (χ0n) is 21.2. The molecule has 2 unspecified atom stereocenters. The lowest BCUT2D eigenvalue weighted by Gasteiger charge is -2.31. The quantitative estimate of drug-likeness (QED) is 0.345. The highest BCUT2D eigenvalue weighted by Crippen LogP contribution is 2.28. The van der Waals surface area contributed by atoms with E-state index in [1.807, 2.05) is 50.4 Å². The summed E-state index contributed by atoms with van der Waals surface area (Å²) in [6.07, 6.45) is 5.17. The first-order chi connectivity index (χ1) is 16.9. The van der Waals surface area contributed by atoms with Gasteiger partial charge in [-0.2, -0.15) is 0 Å². The first-order valence-corrected chi connectivity index (χ1v) is 12.4. The number of fused-ring (bicyclic) bond motifs is 1. The minimum atomic E-state index is -0.333. The molecule has 0 radical (unpaired) electrons. The molecule has 35 heavy (non-hydrogen) atoms. The van der Waals surface area contributed by atoms with Crippen molar-refractivity contribution in [2.75, 3.05) is 24.6 Å². The van der Waals surface area contributed by atoms with Crippen LogP contribution in [0, 0.1) is 13.8 Å². The number of anilines is 1. The fourth-order valence-electron chi connectivity index (χ4n) is 4.34. The Bertz CT molecular complexity index is 1140. The summed E-state index contributed by atoms with van der Waals surface area (Å²) in [6.45, 7) is 10.0. The van der Waals surface area contributed by atoms with Gasteiger partial charge in [0.1, 0.15) is 5.69 Å². The van der Waals surface area contributed by atoms with E-state index in [0.29, 0.717) is 12.1 Å². The van der Waals surface area contributed by atoms with Gasteiger partial charge in [0.05, 0.1) is 35.9 Å². The van der Waals surface area contributed by atoms with Gasteiger partial charge in [0, 0.05) is 25.2 Å². The predicted octanol–water partition coefficient (Wildman–Crippen LogP) is 4.36. The first kappa shape index (κ1) is 24.9. The second kappa shape index (κ2) is 11.4. The number of hydrogen-bond donors (Lipinski definition) is 1. The fraction of sp³-hybridized carbons (Fsp3) is 0.481. The Labute approximate surface area is 207 Å². The lowest BCUT2D eigenvalue weighted by Crippen LogP contribution is -2.32. The molecule has 1 aliphatic heterocycles. The van der Waals surface area contributed by atoms with E-state index >= 15 is 0 Å². The molecule has 0 spiro atoms. The van der Waals surface area contributed by atoms with Crippen molar-refractivity contribution < 1.29 is 9.94 Å². The van der Waals surface area contributed by atoms with Crippen molar-refractivity contribution in [3.63, 3.8) is 0 Å². The third-order valence-corrected chi connectivity index (χ3v) is 6.66. The van der Waals surface area contributed by atoms with Crippen LogP contribution in [0.3, 0.4) is 0 Å². The Balaban J connectivity index is 1.32. The molecule has 1 aromatic carbocycles. The lowest BCUT2D eigenvalue weighted by atomic mass is 10.0. The minimum absolute atomic E-state index is 0.0154. The van der Waals surface area contributed by atoms with E-state index in [2.05, 4.69) is 40.3 Å². The lowest BCUT2D eigenvalue weighted by molar-refractivity contribution is 0.0685. The molecule has 2 atom stereocenters. The Morgan fingerprint density at radius 1 is 1.23 bits per heavy atom. The fourth-order valence-corrected chi connectivity index (χ4v) is 4.34. The van der Waals surface area contributed by atoms with Crippen molar-refractivity contribution in [1.29, 1.82) is 0 Å². The molecule has 0 bridgehead atoms. The number of nitrogens with zero attached hydrogens (tertiary/aromatic N) is 6. The van der Waals surface area contributed by atoms with Crippen LogP contribution >= 0.6 is 0 Å². The van der Waals surface area contributed by atoms with Crippen LogP contribution < -0.4 is 4.90 Å². The summed E-state index contributed by atoms with van der Waals surface area (Å²) in [5, 5.41) is 22.7. The Morgan fingerprint density at radius 3 is 2.80 bits per heavy atom. The van der Waals surface area contributed by atoms with Gasteiger partial charge in [-0.05, 0) is 64.2 Å². The number of aliphatic hydroxyl groups is 1. The summed E-state index contributed by atoms with van der Waals surface area (Å²) in [5.74, 6) is 0. The number of oxime groups is 1. The minimum Gasteiger partial charge on any atom is -0.394 e. The Morgan fingerprint density at radius 2 is 2.03 bits per heavy atom. The topological polar surface area (TPSA) is 88.7 Å². The summed E-state index contributed by atoms with van der Waals surface area (Å²) in [4.78, 5) is 13.0. The number of rotatable bonds is 10. The third kappa shape index (κ3) is 6.25. The molecular weight excluding hydrogens is 440 g/mol. The molecule has 2 aromatic heterocycles. The second-order valence-electron chi connectivity index (χ2n) is 9.42. The van der Waals surface area contributed by atoms with Gasteiger partial charge in [-0.15, -0.1) is 5.10 Å². The highest BCUT2D eigenvalue weighted by atomic mass is 16.6. The summed E-state index contributed by atoms with van der Waals surface area (Å²) in [6, 6.07) is 12.2. The zero-order chi connectivity index (χ0) is 24.8. The molecule has 8 heteroatoms. The van der Waals surface area contributed by atoms with Crippen LogP contribution in [0.2, 0.25) is 0 Å². The van der Waals surface area contributed by atoms with E-state index in [-0.39, 0.29) is 18.8 Å². The van der Waals surface area contributed by atoms with Gasteiger partial charge in [0.15, 0.2) is 6.10 Å². The average molecular weight is 477 g/mol. The standard InChI is InChI=1S/C27H36N6O2/c1-19-15-27-25(28-21(19)3)11-8-13-32(27)14-12-20(2)30-35-22(4)26-17-33(31-29-26)24(18-34)16-23-9-6-5-7-10-23/h5-7,9-10,15,17,22,24,34H,8,11-14,16,18H2,1-4H3. The summed E-state index contributed by atoms with van der Waals surface area (Å²) in [5.41, 5.74) is 7.58. The van der Waals surface area contributed by atoms with E-state index in [4.69, 9.17) is 9.82 Å². The Kier molecular flexibility index (Phi) is 8.13. The first-order valence-electron chi connectivity index (χ1n) is 12.4. The van der Waals surface area contributed by atoms with Gasteiger partial charge < -0.3 is 14.8 Å². The molecule has 3 heterocycles. The van der Waals surface area contributed by atoms with Crippen molar-refractivity contribution in [1.82, 2.24) is 20.0 Å². The SMILES string of the molecule is CC(CCN1CCCc2nc(C)c(C)cc21)=NOC(C)c1cn(C(CO)Cc2ccccc2)nn1. The number of hydrogen-bond acceptors (Lipinski definition) is 7. The number of aliphatic hydroxyl groups excluding tert-OH is 1. The molecule has 1 N–H and O–H groups in total. The maximum atomic E-state index is 9.87. The van der Waals surface area contributed by atoms with Crippen molar-refractivity contribution >= 4 is 11.4 Å². The van der Waals surface area contributed by atoms with E-state index in [9.17, 15) is 5.11 Å². The summed E-state index contributed by atoms with van der Waals surface area (Å²) < 4.78 is 1.71. The normalized spacial score (nSPS) is 15.6. The van der Waals surface area contributed by atoms with Crippen molar-refractivity contribution in [2.45, 2.75) is 65.5 Å². The molecule has 4 rings (SSSR count). The number of pyridine rings is 1. The van der Waals surface area contributed by atoms with Crippen LogP contribution in [0.4, 0.5) is 5.69 Å². The van der Waals surface area contributed by atoms with E-state index < -0.39 is 0 Å². The number of benzene rings is 1. The van der Waals surface area contributed by atoms with E-state index in [1.165, 1.54) is 16.9 Å². The summed E-state index contributed by atoms with van der Waals surface area (Å²) in [7, 11) is 0. The van der Waals surface area contributed by atoms with Crippen molar-refractivity contribution in [3.8, 4) is 0 Å². The van der Waals surface area contributed by atoms with Gasteiger partial charge in [-0.25, -0.2) is 4.68 Å². The molecule has 3 aromatic rings. The largest absolute Gasteiger partial charge is 0.394 e. The number of aromatic nitrogens is 4. The van der Waals surface area contributed by atoms with Crippen LogP contribution in [0.5, 0.6) is 0 Å². The molecular formula is C27H36N6O2. The molecule has 0 saturated heterocycles. The van der Waals surface area contributed by atoms with Gasteiger partial charge in [0.25, 0.3) is 0 Å². The van der Waals surface area contributed by atoms with Crippen molar-refractivity contribution in [2.24, 2.45) is 5.16 Å². The van der Waals surface area contributed by atoms with E-state index in [1.54, 1.807) is 4.68 Å². The Hall–Kier alpha value is -3.26. The predicted molar refractivity (Wildman–Crippen MR) is 138 cm³/mol. The summed E-state index contributed by atoms with van der Waals surface area (Å²) >= 11 is 0. The van der Waals surface area contributed by atoms with Crippen LogP contribution in [0.1, 0.15) is 67.0 Å². The van der Waals surface area contributed by atoms with Gasteiger partial charge in [-0.3, -0.25) is 4.98 Å². The van der Waals surface area contributed by atoms with Crippen LogP contribution in [-0.4, -0.2) is 50.5 Å².